The molecule has 3 aromatic rings. The van der Waals surface area contributed by atoms with Crippen LogP contribution in [0.5, 0.6) is 0 Å². The molecule has 26 heavy (non-hydrogen) atoms. The highest BCUT2D eigenvalue weighted by Gasteiger charge is 2.51. The lowest BCUT2D eigenvalue weighted by molar-refractivity contribution is 0.0430. The second-order valence-electron chi connectivity index (χ2n) is 6.70. The van der Waals surface area contributed by atoms with Crippen LogP contribution in [-0.4, -0.2) is 15.4 Å². The van der Waals surface area contributed by atoms with E-state index in [0.29, 0.717) is 0 Å². The lowest BCUT2D eigenvalue weighted by atomic mass is 9.60. The molecule has 0 saturated carbocycles. The van der Waals surface area contributed by atoms with Crippen molar-refractivity contribution in [3.63, 3.8) is 0 Å². The first kappa shape index (κ1) is 18.8. The Morgan fingerprint density at radius 1 is 0.615 bits per heavy atom. The van der Waals surface area contributed by atoms with Gasteiger partial charge in [-0.3, -0.25) is 0 Å². The smallest absolute Gasteiger partial charge is 0.327 e. The molecule has 0 atom stereocenters. The molecule has 0 spiro atoms. The van der Waals surface area contributed by atoms with Crippen LogP contribution >= 0.6 is 8.60 Å². The number of hydrogen-bond acceptors (Lipinski definition) is 3. The van der Waals surface area contributed by atoms with E-state index >= 15 is 0 Å². The molecule has 0 aliphatic heterocycles. The van der Waals surface area contributed by atoms with Gasteiger partial charge in [0.25, 0.3) is 0 Å². The molecule has 0 aromatic heterocycles. The number of rotatable bonds is 6. The van der Waals surface area contributed by atoms with E-state index in [9.17, 15) is 9.79 Å². The van der Waals surface area contributed by atoms with Gasteiger partial charge in [0.2, 0.25) is 0 Å². The molecule has 4 heteroatoms. The first-order chi connectivity index (χ1) is 12.5. The van der Waals surface area contributed by atoms with Crippen molar-refractivity contribution in [2.75, 3.05) is 0 Å². The Kier molecular flexibility index (Phi) is 5.55. The lowest BCUT2D eigenvalue weighted by Crippen LogP contribution is -2.50. The van der Waals surface area contributed by atoms with Crippen LogP contribution in [0.1, 0.15) is 30.5 Å². The van der Waals surface area contributed by atoms with Crippen molar-refractivity contribution in [1.82, 2.24) is 0 Å². The van der Waals surface area contributed by atoms with Gasteiger partial charge in [0.15, 0.2) is 0 Å². The minimum atomic E-state index is -2.52. The molecule has 0 bridgehead atoms. The fourth-order valence-corrected chi connectivity index (χ4v) is 4.43. The summed E-state index contributed by atoms with van der Waals surface area (Å²) in [7, 11) is -2.52. The van der Waals surface area contributed by atoms with Crippen molar-refractivity contribution in [1.29, 1.82) is 0 Å². The minimum Gasteiger partial charge on any atom is -0.328 e. The van der Waals surface area contributed by atoms with E-state index in [2.05, 4.69) is 36.4 Å². The quantitative estimate of drug-likeness (QED) is 0.475. The molecule has 0 aliphatic carbocycles. The Morgan fingerprint density at radius 2 is 0.923 bits per heavy atom. The zero-order valence-corrected chi connectivity index (χ0v) is 15.8. The number of hydrogen-bond donors (Lipinski definition) is 2. The Balaban J connectivity index is 2.39. The molecule has 0 radical (unpaired) electrons. The highest BCUT2D eigenvalue weighted by atomic mass is 31.2. The summed E-state index contributed by atoms with van der Waals surface area (Å²) < 4.78 is 5.74. The molecule has 134 valence electrons. The Labute approximate surface area is 155 Å². The topological polar surface area (TPSA) is 49.7 Å². The summed E-state index contributed by atoms with van der Waals surface area (Å²) in [6.45, 7) is 3.81. The third-order valence-corrected chi connectivity index (χ3v) is 5.45. The van der Waals surface area contributed by atoms with Gasteiger partial charge in [0, 0.05) is 0 Å². The molecule has 0 saturated heterocycles. The van der Waals surface area contributed by atoms with E-state index in [0.717, 1.165) is 16.7 Å². The van der Waals surface area contributed by atoms with Gasteiger partial charge in [-0.1, -0.05) is 91.0 Å². The van der Waals surface area contributed by atoms with Crippen molar-refractivity contribution in [3.05, 3.63) is 108 Å². The van der Waals surface area contributed by atoms with Crippen LogP contribution in [0.15, 0.2) is 91.0 Å². The van der Waals surface area contributed by atoms with Crippen molar-refractivity contribution in [3.8, 4) is 0 Å². The largest absolute Gasteiger partial charge is 0.328 e. The zero-order valence-electron chi connectivity index (χ0n) is 14.9. The van der Waals surface area contributed by atoms with E-state index < -0.39 is 19.6 Å². The van der Waals surface area contributed by atoms with Gasteiger partial charge in [-0.2, -0.15) is 0 Å². The van der Waals surface area contributed by atoms with E-state index in [4.69, 9.17) is 4.52 Å². The van der Waals surface area contributed by atoms with Gasteiger partial charge in [0.05, 0.1) is 11.0 Å². The normalized spacial score (nSPS) is 12.3. The Bertz CT molecular complexity index is 721. The van der Waals surface area contributed by atoms with Gasteiger partial charge in [-0.25, -0.2) is 0 Å². The first-order valence-corrected chi connectivity index (χ1v) is 9.68. The summed E-state index contributed by atoms with van der Waals surface area (Å²) in [4.78, 5) is 19.4. The second kappa shape index (κ2) is 7.69. The molecule has 3 nitrogen and oxygen atoms in total. The van der Waals surface area contributed by atoms with Crippen LogP contribution < -0.4 is 0 Å². The van der Waals surface area contributed by atoms with Crippen LogP contribution in [-0.2, 0) is 9.94 Å². The summed E-state index contributed by atoms with van der Waals surface area (Å²) in [5.74, 6) is 0. The van der Waals surface area contributed by atoms with Gasteiger partial charge in [-0.05, 0) is 30.5 Å². The SMILES string of the molecule is CC(C)(OP(O)O)C(c1ccccc1)(c1ccccc1)c1ccccc1. The van der Waals surface area contributed by atoms with Crippen LogP contribution in [0.25, 0.3) is 0 Å². The molecular weight excluding hydrogens is 343 g/mol. The van der Waals surface area contributed by atoms with Crippen molar-refractivity contribution < 1.29 is 14.3 Å². The summed E-state index contributed by atoms with van der Waals surface area (Å²) in [5, 5.41) is 0. The Hall–Kier alpha value is -2.03. The molecule has 0 unspecified atom stereocenters. The maximum Gasteiger partial charge on any atom is 0.327 e. The van der Waals surface area contributed by atoms with E-state index in [-0.39, 0.29) is 0 Å². The molecular formula is C22H23O3P. The van der Waals surface area contributed by atoms with Crippen LogP contribution in [0.4, 0.5) is 0 Å². The van der Waals surface area contributed by atoms with Crippen LogP contribution in [0, 0.1) is 0 Å². The summed E-state index contributed by atoms with van der Waals surface area (Å²) in [6, 6.07) is 30.2. The van der Waals surface area contributed by atoms with E-state index in [1.54, 1.807) is 0 Å². The van der Waals surface area contributed by atoms with Crippen LogP contribution in [0.2, 0.25) is 0 Å². The highest BCUT2D eigenvalue weighted by Crippen LogP contribution is 2.52. The lowest BCUT2D eigenvalue weighted by Gasteiger charge is -2.47. The zero-order chi connectivity index (χ0) is 18.6. The fourth-order valence-electron chi connectivity index (χ4n) is 3.88. The maximum absolute atomic E-state index is 9.69. The minimum absolute atomic E-state index is 0.719. The second-order valence-corrected chi connectivity index (χ2v) is 7.39. The van der Waals surface area contributed by atoms with Crippen LogP contribution in [0.3, 0.4) is 0 Å². The standard InChI is InChI=1S/C22H23O3P/c1-21(2,25-26(23)24)22(18-12-6-3-7-13-18,19-14-8-4-9-15-19)20-16-10-5-11-17-20/h3-17,23-24H,1-2H3. The highest BCUT2D eigenvalue weighted by molar-refractivity contribution is 7.39. The fraction of sp³-hybridized carbons (Fsp3) is 0.182. The van der Waals surface area contributed by atoms with Crippen molar-refractivity contribution >= 4 is 8.60 Å². The molecule has 0 amide bonds. The van der Waals surface area contributed by atoms with E-state index in [1.807, 2.05) is 68.4 Å². The predicted octanol–water partition coefficient (Wildman–Crippen LogP) is 5.03. The molecule has 3 aromatic carbocycles. The molecule has 0 heterocycles. The van der Waals surface area contributed by atoms with Gasteiger partial charge >= 0.3 is 8.60 Å². The first-order valence-electron chi connectivity index (χ1n) is 8.52. The molecule has 2 N–H and O–H groups in total. The Morgan fingerprint density at radius 3 is 1.19 bits per heavy atom. The predicted molar refractivity (Wildman–Crippen MR) is 106 cm³/mol. The van der Waals surface area contributed by atoms with Crippen molar-refractivity contribution in [2.45, 2.75) is 24.9 Å². The van der Waals surface area contributed by atoms with Crippen molar-refractivity contribution in [2.24, 2.45) is 0 Å². The third kappa shape index (κ3) is 3.32. The summed E-state index contributed by atoms with van der Waals surface area (Å²) >= 11 is 0. The number of benzene rings is 3. The summed E-state index contributed by atoms with van der Waals surface area (Å²) in [5.41, 5.74) is 1.44. The van der Waals surface area contributed by atoms with E-state index in [1.165, 1.54) is 0 Å². The molecule has 0 aliphatic rings. The average Bonchev–Trinajstić information content (AvgIpc) is 2.64. The molecule has 3 rings (SSSR count). The average molecular weight is 366 g/mol. The third-order valence-electron chi connectivity index (χ3n) is 4.83. The monoisotopic (exact) mass is 366 g/mol. The van der Waals surface area contributed by atoms with Gasteiger partial charge in [0.1, 0.15) is 0 Å². The van der Waals surface area contributed by atoms with Gasteiger partial charge in [-0.15, -0.1) is 0 Å². The summed E-state index contributed by atoms with van der Waals surface area (Å²) in [6.07, 6.45) is 0. The molecule has 0 fully saturated rings. The maximum atomic E-state index is 9.69. The van der Waals surface area contributed by atoms with Gasteiger partial charge < -0.3 is 14.3 Å².